The van der Waals surface area contributed by atoms with Gasteiger partial charge in [-0.05, 0) is 36.9 Å². The van der Waals surface area contributed by atoms with Crippen LogP contribution in [0.1, 0.15) is 6.92 Å². The van der Waals surface area contributed by atoms with Crippen LogP contribution in [-0.2, 0) is 0 Å². The van der Waals surface area contributed by atoms with Gasteiger partial charge in [0.25, 0.3) is 0 Å². The Balaban J connectivity index is 2.19. The summed E-state index contributed by atoms with van der Waals surface area (Å²) >= 11 is 1.44. The molecule has 0 atom stereocenters. The summed E-state index contributed by atoms with van der Waals surface area (Å²) < 4.78 is 5.33. The lowest BCUT2D eigenvalue weighted by atomic mass is 10.4. The Morgan fingerprint density at radius 1 is 1.29 bits per heavy atom. The summed E-state index contributed by atoms with van der Waals surface area (Å²) in [4.78, 5) is 12.3. The zero-order valence-corrected chi connectivity index (χ0v) is 10.1. The monoisotopic (exact) mass is 248 g/mol. The van der Waals surface area contributed by atoms with Crippen molar-refractivity contribution in [3.05, 3.63) is 30.7 Å². The summed E-state index contributed by atoms with van der Waals surface area (Å²) in [6.07, 6.45) is 3.19. The lowest BCUT2D eigenvalue weighted by Gasteiger charge is -2.07. The molecule has 88 valence electrons. The molecule has 0 bridgehead atoms. The molecule has 6 heteroatoms. The number of nitrogens with two attached hydrogens (primary N) is 1. The van der Waals surface area contributed by atoms with Crippen molar-refractivity contribution >= 4 is 17.4 Å². The molecule has 0 saturated carbocycles. The van der Waals surface area contributed by atoms with Gasteiger partial charge in [-0.15, -0.1) is 0 Å². The topological polar surface area (TPSA) is 73.9 Å². The molecule has 0 spiro atoms. The standard InChI is InChI=1S/C11H12N4OS/c1-2-16-11-8(12)3-4-10(15-11)17-9-5-6-13-7-14-9/h3-7H,2,12H2,1H3. The molecule has 2 aromatic rings. The zero-order chi connectivity index (χ0) is 12.1. The number of aromatic nitrogens is 3. The number of ether oxygens (including phenoxy) is 1. The van der Waals surface area contributed by atoms with Crippen LogP contribution in [0.4, 0.5) is 5.69 Å². The number of nitrogen functional groups attached to an aromatic ring is 1. The van der Waals surface area contributed by atoms with Gasteiger partial charge in [-0.25, -0.2) is 15.0 Å². The van der Waals surface area contributed by atoms with E-state index < -0.39 is 0 Å². The Morgan fingerprint density at radius 2 is 2.18 bits per heavy atom. The molecule has 0 aliphatic rings. The van der Waals surface area contributed by atoms with E-state index in [-0.39, 0.29) is 0 Å². The minimum atomic E-state index is 0.464. The van der Waals surface area contributed by atoms with Gasteiger partial charge in [-0.1, -0.05) is 0 Å². The number of anilines is 1. The van der Waals surface area contributed by atoms with Crippen LogP contribution in [0.15, 0.2) is 40.8 Å². The van der Waals surface area contributed by atoms with Crippen molar-refractivity contribution in [1.29, 1.82) is 0 Å². The summed E-state index contributed by atoms with van der Waals surface area (Å²) in [5.74, 6) is 0.464. The molecular formula is C11H12N4OS. The predicted octanol–water partition coefficient (Wildman–Crippen LogP) is 2.00. The second-order valence-corrected chi connectivity index (χ2v) is 4.17. The minimum absolute atomic E-state index is 0.464. The zero-order valence-electron chi connectivity index (χ0n) is 9.33. The summed E-state index contributed by atoms with van der Waals surface area (Å²) in [7, 11) is 0. The van der Waals surface area contributed by atoms with Gasteiger partial charge in [0.1, 0.15) is 16.4 Å². The first-order valence-electron chi connectivity index (χ1n) is 5.12. The highest BCUT2D eigenvalue weighted by atomic mass is 32.2. The molecule has 0 saturated heterocycles. The molecule has 0 fully saturated rings. The predicted molar refractivity (Wildman–Crippen MR) is 66.0 cm³/mol. The fourth-order valence-electron chi connectivity index (χ4n) is 1.19. The van der Waals surface area contributed by atoms with Crippen LogP contribution in [0.2, 0.25) is 0 Å². The third-order valence-corrected chi connectivity index (χ3v) is 2.80. The van der Waals surface area contributed by atoms with E-state index in [1.165, 1.54) is 18.1 Å². The van der Waals surface area contributed by atoms with E-state index in [4.69, 9.17) is 10.5 Å². The van der Waals surface area contributed by atoms with E-state index in [1.54, 1.807) is 12.3 Å². The summed E-state index contributed by atoms with van der Waals surface area (Å²) in [5.41, 5.74) is 6.29. The normalized spacial score (nSPS) is 10.2. The van der Waals surface area contributed by atoms with Crippen molar-refractivity contribution in [2.45, 2.75) is 17.0 Å². The first kappa shape index (κ1) is 11.7. The molecule has 0 aromatic carbocycles. The third-order valence-electron chi connectivity index (χ3n) is 1.91. The van der Waals surface area contributed by atoms with Gasteiger partial charge >= 0.3 is 0 Å². The van der Waals surface area contributed by atoms with E-state index in [2.05, 4.69) is 15.0 Å². The molecule has 2 rings (SSSR count). The largest absolute Gasteiger partial charge is 0.476 e. The molecule has 17 heavy (non-hydrogen) atoms. The van der Waals surface area contributed by atoms with Crippen LogP contribution in [0.5, 0.6) is 5.88 Å². The summed E-state index contributed by atoms with van der Waals surface area (Å²) in [6.45, 7) is 2.43. The summed E-state index contributed by atoms with van der Waals surface area (Å²) in [6, 6.07) is 5.44. The molecule has 2 N–H and O–H groups in total. The molecule has 0 unspecified atom stereocenters. The van der Waals surface area contributed by atoms with Crippen LogP contribution in [-0.4, -0.2) is 21.6 Å². The van der Waals surface area contributed by atoms with Crippen LogP contribution < -0.4 is 10.5 Å². The fraction of sp³-hybridized carbons (Fsp3) is 0.182. The molecule has 5 nitrogen and oxygen atoms in total. The van der Waals surface area contributed by atoms with Crippen molar-refractivity contribution in [3.8, 4) is 5.88 Å². The highest BCUT2D eigenvalue weighted by Gasteiger charge is 2.05. The second kappa shape index (κ2) is 5.49. The molecule has 0 aliphatic carbocycles. The molecule has 0 amide bonds. The molecule has 0 aliphatic heterocycles. The quantitative estimate of drug-likeness (QED) is 0.834. The van der Waals surface area contributed by atoms with E-state index in [1.807, 2.05) is 19.1 Å². The highest BCUT2D eigenvalue weighted by molar-refractivity contribution is 7.99. The van der Waals surface area contributed by atoms with Crippen molar-refractivity contribution in [1.82, 2.24) is 15.0 Å². The van der Waals surface area contributed by atoms with Gasteiger partial charge in [-0.2, -0.15) is 0 Å². The van der Waals surface area contributed by atoms with E-state index in [9.17, 15) is 0 Å². The molecule has 0 radical (unpaired) electrons. The van der Waals surface area contributed by atoms with Crippen LogP contribution in [0.25, 0.3) is 0 Å². The molecular weight excluding hydrogens is 236 g/mol. The van der Waals surface area contributed by atoms with Gasteiger partial charge in [0.15, 0.2) is 0 Å². The van der Waals surface area contributed by atoms with Gasteiger partial charge in [0.05, 0.1) is 12.3 Å². The Labute approximate surface area is 103 Å². The van der Waals surface area contributed by atoms with Gasteiger partial charge < -0.3 is 10.5 Å². The average molecular weight is 248 g/mol. The van der Waals surface area contributed by atoms with Gasteiger partial charge in [0, 0.05) is 6.20 Å². The van der Waals surface area contributed by atoms with E-state index >= 15 is 0 Å². The molecule has 2 heterocycles. The minimum Gasteiger partial charge on any atom is -0.476 e. The Hall–Kier alpha value is -1.82. The first-order valence-corrected chi connectivity index (χ1v) is 5.94. The van der Waals surface area contributed by atoms with Crippen molar-refractivity contribution in [2.24, 2.45) is 0 Å². The SMILES string of the molecule is CCOc1nc(Sc2ccncn2)ccc1N. The highest BCUT2D eigenvalue weighted by Crippen LogP contribution is 2.28. The van der Waals surface area contributed by atoms with Crippen LogP contribution in [0, 0.1) is 0 Å². The summed E-state index contributed by atoms with van der Waals surface area (Å²) in [5, 5.41) is 1.63. The number of hydrogen-bond acceptors (Lipinski definition) is 6. The number of nitrogens with zero attached hydrogens (tertiary/aromatic N) is 3. The van der Waals surface area contributed by atoms with Gasteiger partial charge in [0.2, 0.25) is 5.88 Å². The van der Waals surface area contributed by atoms with E-state index in [0.29, 0.717) is 18.2 Å². The van der Waals surface area contributed by atoms with Crippen LogP contribution >= 0.6 is 11.8 Å². The average Bonchev–Trinajstić information content (AvgIpc) is 2.35. The number of rotatable bonds is 4. The van der Waals surface area contributed by atoms with Crippen molar-refractivity contribution < 1.29 is 4.74 Å². The van der Waals surface area contributed by atoms with Crippen molar-refractivity contribution in [3.63, 3.8) is 0 Å². The lowest BCUT2D eigenvalue weighted by Crippen LogP contribution is -1.99. The number of pyridine rings is 1. The second-order valence-electron chi connectivity index (χ2n) is 3.13. The van der Waals surface area contributed by atoms with E-state index in [0.717, 1.165) is 10.1 Å². The third kappa shape index (κ3) is 3.07. The molecule has 2 aromatic heterocycles. The van der Waals surface area contributed by atoms with Crippen molar-refractivity contribution in [2.75, 3.05) is 12.3 Å². The number of hydrogen-bond donors (Lipinski definition) is 1. The van der Waals surface area contributed by atoms with Crippen LogP contribution in [0.3, 0.4) is 0 Å². The maximum atomic E-state index is 5.75. The Kier molecular flexibility index (Phi) is 3.77. The Bertz CT molecular complexity index is 492. The fourth-order valence-corrected chi connectivity index (χ4v) is 1.90. The first-order chi connectivity index (χ1) is 8.29. The Morgan fingerprint density at radius 3 is 2.88 bits per heavy atom. The smallest absolute Gasteiger partial charge is 0.238 e. The maximum absolute atomic E-state index is 5.75. The van der Waals surface area contributed by atoms with Gasteiger partial charge in [-0.3, -0.25) is 0 Å². The maximum Gasteiger partial charge on any atom is 0.238 e. The lowest BCUT2D eigenvalue weighted by molar-refractivity contribution is 0.326.